The Morgan fingerprint density at radius 1 is 0.708 bits per heavy atom. The second-order valence-electron chi connectivity index (χ2n) is 5.78. The number of nitrogens with zero attached hydrogens (tertiary/aromatic N) is 1. The number of benzene rings is 3. The third-order valence-electron chi connectivity index (χ3n) is 4.39. The van der Waals surface area contributed by atoms with Crippen LogP contribution in [0.4, 0.5) is 0 Å². The van der Waals surface area contributed by atoms with Crippen molar-refractivity contribution in [3.05, 3.63) is 82.4 Å². The summed E-state index contributed by atoms with van der Waals surface area (Å²) in [5.41, 5.74) is 3.81. The van der Waals surface area contributed by atoms with E-state index in [1.807, 2.05) is 11.3 Å². The minimum Gasteiger partial charge on any atom is -0.141 e. The first kappa shape index (κ1) is 14.4. The molecule has 0 radical (unpaired) electrons. The number of thiazole rings is 1. The molecule has 0 aliphatic rings. The first-order valence-electron chi connectivity index (χ1n) is 7.83. The van der Waals surface area contributed by atoms with Crippen molar-refractivity contribution >= 4 is 59.7 Å². The second kappa shape index (κ2) is 5.53. The third-order valence-corrected chi connectivity index (χ3v) is 6.64. The van der Waals surface area contributed by atoms with Crippen molar-refractivity contribution in [2.45, 2.75) is 0 Å². The average molecular weight is 438 g/mol. The molecule has 5 aromatic rings. The van der Waals surface area contributed by atoms with E-state index >= 15 is 0 Å². The van der Waals surface area contributed by atoms with Gasteiger partial charge < -0.3 is 0 Å². The van der Waals surface area contributed by atoms with E-state index in [9.17, 15) is 0 Å². The maximum Gasteiger partial charge on any atom is 0.276 e. The van der Waals surface area contributed by atoms with Crippen LogP contribution >= 0.6 is 33.9 Å². The molecule has 5 rings (SSSR count). The first-order valence-corrected chi connectivity index (χ1v) is 9.73. The second-order valence-corrected chi connectivity index (χ2v) is 7.89. The standard InChI is InChI=1S/C21H13INS/c22-19-15-10-4-5-11-16(15)21-23(17-12-6-7-13-18(17)24-21)20(19)14-8-2-1-3-9-14/h1-13H/q+1. The summed E-state index contributed by atoms with van der Waals surface area (Å²) < 4.78 is 5.05. The van der Waals surface area contributed by atoms with E-state index in [4.69, 9.17) is 0 Å². The number of halogens is 1. The Hall–Kier alpha value is -1.98. The lowest BCUT2D eigenvalue weighted by atomic mass is 10.1. The summed E-state index contributed by atoms with van der Waals surface area (Å²) in [6.45, 7) is 0. The van der Waals surface area contributed by atoms with E-state index < -0.39 is 0 Å². The van der Waals surface area contributed by atoms with Crippen LogP contribution in [-0.2, 0) is 0 Å². The molecule has 0 atom stereocenters. The molecular formula is C21H13INS+. The van der Waals surface area contributed by atoms with E-state index in [2.05, 4.69) is 106 Å². The maximum atomic E-state index is 2.50. The van der Waals surface area contributed by atoms with Crippen molar-refractivity contribution in [1.82, 2.24) is 0 Å². The van der Waals surface area contributed by atoms with Crippen molar-refractivity contribution in [2.24, 2.45) is 0 Å². The summed E-state index contributed by atoms with van der Waals surface area (Å²) in [4.78, 5) is 1.31. The highest BCUT2D eigenvalue weighted by molar-refractivity contribution is 14.1. The zero-order chi connectivity index (χ0) is 16.1. The molecule has 1 nitrogen and oxygen atoms in total. The van der Waals surface area contributed by atoms with E-state index in [0.29, 0.717) is 0 Å². The highest BCUT2D eigenvalue weighted by atomic mass is 127. The smallest absolute Gasteiger partial charge is 0.141 e. The Morgan fingerprint density at radius 3 is 2.21 bits per heavy atom. The van der Waals surface area contributed by atoms with E-state index in [0.717, 1.165) is 0 Å². The molecule has 0 bridgehead atoms. The summed E-state index contributed by atoms with van der Waals surface area (Å²) in [7, 11) is 0. The topological polar surface area (TPSA) is 4.10 Å². The predicted octanol–water partition coefficient (Wildman–Crippen LogP) is 6.06. The van der Waals surface area contributed by atoms with Crippen LogP contribution in [0.1, 0.15) is 0 Å². The summed E-state index contributed by atoms with van der Waals surface area (Å²) >= 11 is 4.37. The van der Waals surface area contributed by atoms with Gasteiger partial charge in [-0.05, 0) is 46.9 Å². The normalized spacial score (nSPS) is 11.5. The number of hydrogen-bond acceptors (Lipinski definition) is 1. The Labute approximate surface area is 157 Å². The summed E-state index contributed by atoms with van der Waals surface area (Å²) in [6, 6.07) is 28.1. The molecule has 0 aliphatic heterocycles. The van der Waals surface area contributed by atoms with E-state index in [1.54, 1.807) is 0 Å². The van der Waals surface area contributed by atoms with Crippen LogP contribution in [0.25, 0.3) is 37.1 Å². The molecule has 0 saturated carbocycles. The van der Waals surface area contributed by atoms with Crippen molar-refractivity contribution in [2.75, 3.05) is 0 Å². The third kappa shape index (κ3) is 2.01. The molecule has 0 aliphatic carbocycles. The Morgan fingerprint density at radius 2 is 1.38 bits per heavy atom. The van der Waals surface area contributed by atoms with Gasteiger partial charge in [-0.25, -0.2) is 0 Å². The van der Waals surface area contributed by atoms with Crippen LogP contribution < -0.4 is 4.40 Å². The molecule has 0 amide bonds. The minimum atomic E-state index is 1.26. The van der Waals surface area contributed by atoms with Gasteiger partial charge in [0.15, 0.2) is 0 Å². The van der Waals surface area contributed by atoms with Gasteiger partial charge >= 0.3 is 0 Å². The fourth-order valence-corrected chi connectivity index (χ4v) is 5.53. The van der Waals surface area contributed by atoms with Crippen LogP contribution in [-0.4, -0.2) is 0 Å². The van der Waals surface area contributed by atoms with Gasteiger partial charge in [-0.3, -0.25) is 0 Å². The molecule has 3 heteroatoms. The number of pyridine rings is 1. The Balaban J connectivity index is 2.11. The maximum absolute atomic E-state index is 2.50. The summed E-state index contributed by atoms with van der Waals surface area (Å²) in [5, 5.41) is 2.64. The lowest BCUT2D eigenvalue weighted by molar-refractivity contribution is -0.464. The lowest BCUT2D eigenvalue weighted by Crippen LogP contribution is -2.24. The molecule has 114 valence electrons. The first-order chi connectivity index (χ1) is 11.8. The minimum absolute atomic E-state index is 1.26. The zero-order valence-electron chi connectivity index (χ0n) is 12.7. The highest BCUT2D eigenvalue weighted by Crippen LogP contribution is 2.35. The van der Waals surface area contributed by atoms with Crippen LogP contribution in [0.2, 0.25) is 0 Å². The molecule has 24 heavy (non-hydrogen) atoms. The van der Waals surface area contributed by atoms with E-state index in [1.165, 1.54) is 40.6 Å². The van der Waals surface area contributed by atoms with Gasteiger partial charge in [0, 0.05) is 17.0 Å². The number of rotatable bonds is 1. The quantitative estimate of drug-likeness (QED) is 0.221. The Bertz CT molecular complexity index is 1210. The van der Waals surface area contributed by atoms with Gasteiger partial charge in [0.05, 0.1) is 8.96 Å². The van der Waals surface area contributed by atoms with Gasteiger partial charge in [-0.2, -0.15) is 0 Å². The number of hydrogen-bond donors (Lipinski definition) is 0. The van der Waals surface area contributed by atoms with Crippen LogP contribution in [0.3, 0.4) is 0 Å². The van der Waals surface area contributed by atoms with Gasteiger partial charge in [0.2, 0.25) is 11.2 Å². The number of fused-ring (bicyclic) bond motifs is 5. The summed E-state index contributed by atoms with van der Waals surface area (Å²) in [5.74, 6) is 0. The van der Waals surface area contributed by atoms with Crippen molar-refractivity contribution < 1.29 is 4.40 Å². The monoisotopic (exact) mass is 438 g/mol. The Kier molecular flexibility index (Phi) is 3.31. The average Bonchev–Trinajstić information content (AvgIpc) is 3.03. The fraction of sp³-hybridized carbons (Fsp3) is 0. The van der Waals surface area contributed by atoms with Crippen LogP contribution in [0.5, 0.6) is 0 Å². The zero-order valence-corrected chi connectivity index (χ0v) is 15.7. The SMILES string of the molecule is Ic1c(-c2ccccc2)[n+]2c3ccccc3sc2c2ccccc12. The molecule has 2 aromatic heterocycles. The molecule has 0 N–H and O–H groups in total. The molecular weight excluding hydrogens is 425 g/mol. The van der Waals surface area contributed by atoms with Crippen molar-refractivity contribution in [3.63, 3.8) is 0 Å². The van der Waals surface area contributed by atoms with Gasteiger partial charge in [0.25, 0.3) is 4.83 Å². The molecule has 0 spiro atoms. The van der Waals surface area contributed by atoms with Crippen molar-refractivity contribution in [3.8, 4) is 11.3 Å². The molecule has 0 unspecified atom stereocenters. The van der Waals surface area contributed by atoms with Gasteiger partial charge in [-0.15, -0.1) is 4.40 Å². The molecule has 2 heterocycles. The highest BCUT2D eigenvalue weighted by Gasteiger charge is 2.26. The number of aromatic nitrogens is 1. The van der Waals surface area contributed by atoms with E-state index in [-0.39, 0.29) is 0 Å². The molecule has 3 aromatic carbocycles. The fourth-order valence-electron chi connectivity index (χ4n) is 3.32. The van der Waals surface area contributed by atoms with Gasteiger partial charge in [-0.1, -0.05) is 59.9 Å². The van der Waals surface area contributed by atoms with Crippen LogP contribution in [0, 0.1) is 3.57 Å². The molecule has 0 fully saturated rings. The lowest BCUT2D eigenvalue weighted by Gasteiger charge is -2.05. The van der Waals surface area contributed by atoms with Crippen molar-refractivity contribution in [1.29, 1.82) is 0 Å². The predicted molar refractivity (Wildman–Crippen MR) is 111 cm³/mol. The van der Waals surface area contributed by atoms with Crippen LogP contribution in [0.15, 0.2) is 78.9 Å². The largest absolute Gasteiger partial charge is 0.276 e. The molecule has 0 saturated heterocycles. The van der Waals surface area contributed by atoms with Gasteiger partial charge in [0.1, 0.15) is 4.70 Å². The number of para-hydroxylation sites is 1. The summed E-state index contributed by atoms with van der Waals surface area (Å²) in [6.07, 6.45) is 0.